The summed E-state index contributed by atoms with van der Waals surface area (Å²) in [6, 6.07) is 7.11. The van der Waals surface area contributed by atoms with Crippen LogP contribution in [0.4, 0.5) is 0 Å². The molecule has 1 aromatic rings. The Morgan fingerprint density at radius 1 is 1.24 bits per heavy atom. The number of aliphatic hydroxyl groups is 1. The average Bonchev–Trinajstić information content (AvgIpc) is 2.47. The molecule has 1 aromatic carbocycles. The number of sulfonamides is 1. The van der Waals surface area contributed by atoms with Crippen molar-refractivity contribution in [3.63, 3.8) is 0 Å². The van der Waals surface area contributed by atoms with Gasteiger partial charge in [0.2, 0.25) is 10.0 Å². The van der Waals surface area contributed by atoms with Gasteiger partial charge in [-0.25, -0.2) is 13.1 Å². The average molecular weight is 329 g/mol. The minimum atomic E-state index is -3.31. The standard InChI is InChI=1S/C15H23NO3S2/c1-20-15-4-2-3-14(9-15)16-21(18,19)11-13-7-5-12(10-17)6-8-13/h5-8,14-17H,2-4,9-11H2,1H3. The first-order valence-electron chi connectivity index (χ1n) is 7.24. The molecule has 0 amide bonds. The van der Waals surface area contributed by atoms with Gasteiger partial charge >= 0.3 is 0 Å². The fourth-order valence-corrected chi connectivity index (χ4v) is 4.99. The first-order valence-corrected chi connectivity index (χ1v) is 10.2. The van der Waals surface area contributed by atoms with Crippen LogP contribution in [0.3, 0.4) is 0 Å². The number of hydrogen-bond acceptors (Lipinski definition) is 4. The molecule has 0 bridgehead atoms. The van der Waals surface area contributed by atoms with E-state index >= 15 is 0 Å². The summed E-state index contributed by atoms with van der Waals surface area (Å²) < 4.78 is 27.3. The van der Waals surface area contributed by atoms with Gasteiger partial charge in [-0.05, 0) is 36.6 Å². The van der Waals surface area contributed by atoms with Gasteiger partial charge in [0.25, 0.3) is 0 Å². The first kappa shape index (κ1) is 16.8. The monoisotopic (exact) mass is 329 g/mol. The molecule has 0 heterocycles. The molecule has 6 heteroatoms. The van der Waals surface area contributed by atoms with E-state index in [0.29, 0.717) is 5.25 Å². The predicted molar refractivity (Wildman–Crippen MR) is 87.7 cm³/mol. The molecule has 118 valence electrons. The van der Waals surface area contributed by atoms with Crippen LogP contribution in [-0.4, -0.2) is 31.1 Å². The quantitative estimate of drug-likeness (QED) is 0.840. The molecule has 2 atom stereocenters. The number of benzene rings is 1. The van der Waals surface area contributed by atoms with Crippen LogP contribution in [0.25, 0.3) is 0 Å². The van der Waals surface area contributed by atoms with Gasteiger partial charge in [-0.2, -0.15) is 11.8 Å². The van der Waals surface area contributed by atoms with Crippen LogP contribution in [0, 0.1) is 0 Å². The van der Waals surface area contributed by atoms with Gasteiger partial charge < -0.3 is 5.11 Å². The Morgan fingerprint density at radius 3 is 2.52 bits per heavy atom. The van der Waals surface area contributed by atoms with E-state index in [-0.39, 0.29) is 18.4 Å². The third-order valence-corrected chi connectivity index (χ3v) is 6.37. The fraction of sp³-hybridized carbons (Fsp3) is 0.600. The van der Waals surface area contributed by atoms with Crippen LogP contribution in [0.2, 0.25) is 0 Å². The molecule has 0 spiro atoms. The first-order chi connectivity index (χ1) is 10.0. The number of rotatable bonds is 6. The van der Waals surface area contributed by atoms with E-state index in [4.69, 9.17) is 5.11 Å². The molecule has 4 nitrogen and oxygen atoms in total. The van der Waals surface area contributed by atoms with Gasteiger partial charge in [0.05, 0.1) is 12.4 Å². The van der Waals surface area contributed by atoms with Crippen molar-refractivity contribution in [2.75, 3.05) is 6.26 Å². The number of thioether (sulfide) groups is 1. The number of hydrogen-bond donors (Lipinski definition) is 2. The van der Waals surface area contributed by atoms with E-state index < -0.39 is 10.0 Å². The van der Waals surface area contributed by atoms with Crippen molar-refractivity contribution in [1.82, 2.24) is 4.72 Å². The molecule has 2 unspecified atom stereocenters. The number of aliphatic hydroxyl groups excluding tert-OH is 1. The van der Waals surface area contributed by atoms with Crippen molar-refractivity contribution in [3.05, 3.63) is 35.4 Å². The van der Waals surface area contributed by atoms with Crippen LogP contribution >= 0.6 is 11.8 Å². The SMILES string of the molecule is CSC1CCCC(NS(=O)(=O)Cc2ccc(CO)cc2)C1. The molecule has 21 heavy (non-hydrogen) atoms. The molecule has 1 aliphatic carbocycles. The summed E-state index contributed by atoms with van der Waals surface area (Å²) in [6.45, 7) is -0.0244. The highest BCUT2D eigenvalue weighted by Crippen LogP contribution is 2.27. The lowest BCUT2D eigenvalue weighted by Crippen LogP contribution is -2.39. The molecule has 2 N–H and O–H groups in total. The van der Waals surface area contributed by atoms with Gasteiger partial charge in [0.1, 0.15) is 0 Å². The Kier molecular flexibility index (Phi) is 6.10. The van der Waals surface area contributed by atoms with E-state index in [1.54, 1.807) is 24.3 Å². The van der Waals surface area contributed by atoms with E-state index in [1.807, 2.05) is 11.8 Å². The summed E-state index contributed by atoms with van der Waals surface area (Å²) in [5.74, 6) is -0.000850. The molecular weight excluding hydrogens is 306 g/mol. The largest absolute Gasteiger partial charge is 0.392 e. The van der Waals surface area contributed by atoms with Gasteiger partial charge in [-0.15, -0.1) is 0 Å². The molecule has 0 saturated heterocycles. The number of nitrogens with one attached hydrogen (secondary N) is 1. The van der Waals surface area contributed by atoms with Crippen molar-refractivity contribution in [2.45, 2.75) is 49.3 Å². The van der Waals surface area contributed by atoms with Crippen LogP contribution in [-0.2, 0) is 22.4 Å². The van der Waals surface area contributed by atoms with Gasteiger partial charge in [-0.1, -0.05) is 30.7 Å². The molecule has 1 aliphatic rings. The summed E-state index contributed by atoms with van der Waals surface area (Å²) in [5, 5.41) is 9.56. The van der Waals surface area contributed by atoms with Crippen molar-refractivity contribution in [1.29, 1.82) is 0 Å². The maximum Gasteiger partial charge on any atom is 0.216 e. The third kappa shape index (κ3) is 5.29. The zero-order chi connectivity index (χ0) is 15.3. The maximum absolute atomic E-state index is 12.3. The fourth-order valence-electron chi connectivity index (χ4n) is 2.72. The lowest BCUT2D eigenvalue weighted by molar-refractivity contribution is 0.282. The summed E-state index contributed by atoms with van der Waals surface area (Å²) in [4.78, 5) is 0. The zero-order valence-electron chi connectivity index (χ0n) is 12.3. The van der Waals surface area contributed by atoms with E-state index in [2.05, 4.69) is 11.0 Å². The highest BCUT2D eigenvalue weighted by atomic mass is 32.2. The highest BCUT2D eigenvalue weighted by Gasteiger charge is 2.25. The highest BCUT2D eigenvalue weighted by molar-refractivity contribution is 7.99. The van der Waals surface area contributed by atoms with Crippen LogP contribution < -0.4 is 4.72 Å². The van der Waals surface area contributed by atoms with Crippen LogP contribution in [0.1, 0.15) is 36.8 Å². The zero-order valence-corrected chi connectivity index (χ0v) is 13.9. The summed E-state index contributed by atoms with van der Waals surface area (Å²) in [6.07, 6.45) is 6.21. The minimum Gasteiger partial charge on any atom is -0.392 e. The second kappa shape index (κ2) is 7.63. The van der Waals surface area contributed by atoms with Crippen molar-refractivity contribution in [2.24, 2.45) is 0 Å². The molecule has 0 radical (unpaired) electrons. The van der Waals surface area contributed by atoms with E-state index in [0.717, 1.165) is 30.4 Å². The van der Waals surface area contributed by atoms with E-state index in [1.165, 1.54) is 6.42 Å². The van der Waals surface area contributed by atoms with Crippen LogP contribution in [0.15, 0.2) is 24.3 Å². The second-order valence-electron chi connectivity index (χ2n) is 5.57. The molecule has 1 fully saturated rings. The van der Waals surface area contributed by atoms with Crippen molar-refractivity contribution < 1.29 is 13.5 Å². The molecular formula is C15H23NO3S2. The van der Waals surface area contributed by atoms with Crippen LogP contribution in [0.5, 0.6) is 0 Å². The molecule has 0 aliphatic heterocycles. The Hall–Kier alpha value is -0.560. The summed E-state index contributed by atoms with van der Waals surface area (Å²) in [5.41, 5.74) is 1.54. The second-order valence-corrected chi connectivity index (χ2v) is 8.46. The lowest BCUT2D eigenvalue weighted by Gasteiger charge is -2.28. The van der Waals surface area contributed by atoms with Crippen molar-refractivity contribution in [3.8, 4) is 0 Å². The Morgan fingerprint density at radius 2 is 1.90 bits per heavy atom. The molecule has 0 aromatic heterocycles. The smallest absolute Gasteiger partial charge is 0.216 e. The predicted octanol–water partition coefficient (Wildman–Crippen LogP) is 2.27. The van der Waals surface area contributed by atoms with Crippen molar-refractivity contribution >= 4 is 21.8 Å². The Bertz CT molecular complexity index is 543. The Balaban J connectivity index is 1.94. The normalized spacial score (nSPS) is 23.1. The maximum atomic E-state index is 12.3. The summed E-state index contributed by atoms with van der Waals surface area (Å²) in [7, 11) is -3.31. The topological polar surface area (TPSA) is 66.4 Å². The molecule has 1 saturated carbocycles. The molecule has 2 rings (SSSR count). The minimum absolute atomic E-state index is 0.000850. The van der Waals surface area contributed by atoms with Gasteiger partial charge in [0, 0.05) is 11.3 Å². The lowest BCUT2D eigenvalue weighted by atomic mass is 9.96. The third-order valence-electron chi connectivity index (χ3n) is 3.87. The Labute approximate surface area is 131 Å². The summed E-state index contributed by atoms with van der Waals surface area (Å²) >= 11 is 1.83. The van der Waals surface area contributed by atoms with Gasteiger partial charge in [-0.3, -0.25) is 0 Å². The van der Waals surface area contributed by atoms with Gasteiger partial charge in [0.15, 0.2) is 0 Å². The van der Waals surface area contributed by atoms with E-state index in [9.17, 15) is 8.42 Å².